The maximum atomic E-state index is 12.1. The standard InChI is InChI=1S/C23H20ClNO4/c1-28-19-12-13(11-17(24)22(19)29-2)10-14-6-5-8-16-20(23(26)27)15-7-3-4-9-18(15)25-21(14)16/h3-4,7,9-12H,5-6,8H2,1-2H3,(H,26,27). The molecule has 0 saturated carbocycles. The molecule has 0 amide bonds. The third-order valence-corrected chi connectivity index (χ3v) is 5.46. The Morgan fingerprint density at radius 1 is 1.17 bits per heavy atom. The summed E-state index contributed by atoms with van der Waals surface area (Å²) in [6, 6.07) is 11.0. The van der Waals surface area contributed by atoms with Crippen LogP contribution in [0.2, 0.25) is 5.02 Å². The molecule has 0 atom stereocenters. The predicted octanol–water partition coefficient (Wildman–Crippen LogP) is 5.48. The number of para-hydroxylation sites is 1. The van der Waals surface area contributed by atoms with Crippen LogP contribution in [0.3, 0.4) is 0 Å². The number of carbonyl (C=O) groups is 1. The molecule has 0 fully saturated rings. The summed E-state index contributed by atoms with van der Waals surface area (Å²) in [4.78, 5) is 16.9. The highest BCUT2D eigenvalue weighted by Crippen LogP contribution is 2.39. The highest BCUT2D eigenvalue weighted by Gasteiger charge is 2.25. The van der Waals surface area contributed by atoms with Crippen LogP contribution >= 0.6 is 11.6 Å². The fourth-order valence-electron chi connectivity index (χ4n) is 3.94. The third kappa shape index (κ3) is 3.42. The zero-order valence-corrected chi connectivity index (χ0v) is 16.9. The molecular formula is C23H20ClNO4. The number of carboxylic acids is 1. The molecule has 3 aromatic rings. The summed E-state index contributed by atoms with van der Waals surface area (Å²) in [6.45, 7) is 0. The van der Waals surface area contributed by atoms with E-state index in [4.69, 9.17) is 26.1 Å². The minimum Gasteiger partial charge on any atom is -0.493 e. The number of nitrogens with zero attached hydrogens (tertiary/aromatic N) is 1. The van der Waals surface area contributed by atoms with Crippen LogP contribution in [0.15, 0.2) is 36.4 Å². The van der Waals surface area contributed by atoms with Gasteiger partial charge in [0.15, 0.2) is 11.5 Å². The number of methoxy groups -OCH3 is 2. The molecule has 0 saturated heterocycles. The summed E-state index contributed by atoms with van der Waals surface area (Å²) < 4.78 is 10.7. The van der Waals surface area contributed by atoms with Gasteiger partial charge in [0.25, 0.3) is 0 Å². The van der Waals surface area contributed by atoms with Crippen molar-refractivity contribution in [1.29, 1.82) is 0 Å². The Morgan fingerprint density at radius 2 is 1.97 bits per heavy atom. The van der Waals surface area contributed by atoms with E-state index in [1.54, 1.807) is 14.2 Å². The Labute approximate surface area is 173 Å². The summed E-state index contributed by atoms with van der Waals surface area (Å²) in [5.74, 6) is 0.105. The average Bonchev–Trinajstić information content (AvgIpc) is 2.71. The predicted molar refractivity (Wildman–Crippen MR) is 114 cm³/mol. The number of hydrogen-bond acceptors (Lipinski definition) is 4. The van der Waals surface area contributed by atoms with Gasteiger partial charge in [-0.3, -0.25) is 0 Å². The van der Waals surface area contributed by atoms with Gasteiger partial charge in [0, 0.05) is 5.39 Å². The molecule has 0 spiro atoms. The fourth-order valence-corrected chi connectivity index (χ4v) is 4.24. The van der Waals surface area contributed by atoms with E-state index in [1.807, 2.05) is 42.5 Å². The van der Waals surface area contributed by atoms with Gasteiger partial charge < -0.3 is 14.6 Å². The van der Waals surface area contributed by atoms with Crippen LogP contribution in [0.5, 0.6) is 11.5 Å². The quantitative estimate of drug-likeness (QED) is 0.617. The molecule has 0 radical (unpaired) electrons. The molecule has 1 aromatic heterocycles. The topological polar surface area (TPSA) is 68.7 Å². The second kappa shape index (κ2) is 7.76. The molecule has 0 unspecified atom stereocenters. The van der Waals surface area contributed by atoms with E-state index >= 15 is 0 Å². The lowest BCUT2D eigenvalue weighted by molar-refractivity contribution is 0.0697. The lowest BCUT2D eigenvalue weighted by Crippen LogP contribution is -2.13. The van der Waals surface area contributed by atoms with Crippen LogP contribution in [0, 0.1) is 0 Å². The van der Waals surface area contributed by atoms with Crippen LogP contribution < -0.4 is 9.47 Å². The number of hydrogen-bond donors (Lipinski definition) is 1. The number of carboxylic acid groups (broad SMARTS) is 1. The molecular weight excluding hydrogens is 390 g/mol. The van der Waals surface area contributed by atoms with E-state index in [0.717, 1.165) is 35.2 Å². The number of aromatic nitrogens is 1. The normalized spacial score (nSPS) is 14.7. The second-order valence-corrected chi connectivity index (χ2v) is 7.30. The summed E-state index contributed by atoms with van der Waals surface area (Å²) in [5, 5.41) is 11.0. The van der Waals surface area contributed by atoms with Crippen LogP contribution in [0.4, 0.5) is 0 Å². The van der Waals surface area contributed by atoms with Crippen molar-refractivity contribution in [3.05, 3.63) is 63.8 Å². The lowest BCUT2D eigenvalue weighted by atomic mass is 9.86. The van der Waals surface area contributed by atoms with Gasteiger partial charge in [0.1, 0.15) is 0 Å². The Morgan fingerprint density at radius 3 is 2.69 bits per heavy atom. The number of ether oxygens (including phenoxy) is 2. The van der Waals surface area contributed by atoms with E-state index in [1.165, 1.54) is 0 Å². The molecule has 1 aliphatic carbocycles. The van der Waals surface area contributed by atoms with Crippen molar-refractivity contribution in [2.24, 2.45) is 0 Å². The van der Waals surface area contributed by atoms with E-state index in [0.29, 0.717) is 39.4 Å². The van der Waals surface area contributed by atoms with Gasteiger partial charge in [0.05, 0.1) is 36.0 Å². The van der Waals surface area contributed by atoms with Crippen molar-refractivity contribution >= 4 is 40.1 Å². The highest BCUT2D eigenvalue weighted by atomic mass is 35.5. The molecule has 1 aliphatic rings. The Bertz CT molecular complexity index is 1150. The van der Waals surface area contributed by atoms with E-state index in [9.17, 15) is 9.90 Å². The number of halogens is 1. The van der Waals surface area contributed by atoms with E-state index in [2.05, 4.69) is 0 Å². The first kappa shape index (κ1) is 19.3. The van der Waals surface area contributed by atoms with Crippen molar-refractivity contribution in [1.82, 2.24) is 4.98 Å². The summed E-state index contributed by atoms with van der Waals surface area (Å²) in [7, 11) is 3.11. The zero-order chi connectivity index (χ0) is 20.5. The van der Waals surface area contributed by atoms with Gasteiger partial charge in [-0.05, 0) is 60.2 Å². The SMILES string of the molecule is COc1cc(C=C2CCCc3c2nc2ccccc2c3C(=O)O)cc(Cl)c1OC. The third-order valence-electron chi connectivity index (χ3n) is 5.18. The van der Waals surface area contributed by atoms with Crippen LogP contribution in [0.1, 0.15) is 40.0 Å². The monoisotopic (exact) mass is 409 g/mol. The summed E-state index contributed by atoms with van der Waals surface area (Å²) in [6.07, 6.45) is 4.36. The van der Waals surface area contributed by atoms with Crippen LogP contribution in [-0.4, -0.2) is 30.3 Å². The van der Waals surface area contributed by atoms with Crippen molar-refractivity contribution in [3.63, 3.8) is 0 Å². The number of pyridine rings is 1. The molecule has 2 aromatic carbocycles. The van der Waals surface area contributed by atoms with Crippen molar-refractivity contribution in [2.45, 2.75) is 19.3 Å². The largest absolute Gasteiger partial charge is 0.493 e. The van der Waals surface area contributed by atoms with Gasteiger partial charge in [0.2, 0.25) is 0 Å². The number of aromatic carboxylic acids is 1. The molecule has 29 heavy (non-hydrogen) atoms. The number of benzene rings is 2. The first-order valence-corrected chi connectivity index (χ1v) is 9.68. The van der Waals surface area contributed by atoms with E-state index < -0.39 is 5.97 Å². The highest BCUT2D eigenvalue weighted by molar-refractivity contribution is 6.32. The van der Waals surface area contributed by atoms with E-state index in [-0.39, 0.29) is 0 Å². The van der Waals surface area contributed by atoms with Crippen molar-refractivity contribution in [2.75, 3.05) is 14.2 Å². The number of rotatable bonds is 4. The second-order valence-electron chi connectivity index (χ2n) is 6.90. The Hall–Kier alpha value is -3.05. The summed E-state index contributed by atoms with van der Waals surface area (Å²) in [5.41, 5.74) is 4.41. The van der Waals surface area contributed by atoms with Gasteiger partial charge in [-0.15, -0.1) is 0 Å². The fraction of sp³-hybridized carbons (Fsp3) is 0.217. The first-order chi connectivity index (χ1) is 14.0. The van der Waals surface area contributed by atoms with Crippen LogP contribution in [-0.2, 0) is 6.42 Å². The van der Waals surface area contributed by atoms with Gasteiger partial charge in [-0.1, -0.05) is 29.8 Å². The summed E-state index contributed by atoms with van der Waals surface area (Å²) >= 11 is 6.35. The Balaban J connectivity index is 1.92. The molecule has 1 N–H and O–H groups in total. The minimum absolute atomic E-state index is 0.349. The van der Waals surface area contributed by atoms with Crippen molar-refractivity contribution < 1.29 is 19.4 Å². The molecule has 6 heteroatoms. The molecule has 1 heterocycles. The first-order valence-electron chi connectivity index (χ1n) is 9.31. The number of allylic oxidation sites excluding steroid dienone is 1. The molecule has 5 nitrogen and oxygen atoms in total. The van der Waals surface area contributed by atoms with Gasteiger partial charge in [-0.25, -0.2) is 9.78 Å². The number of fused-ring (bicyclic) bond motifs is 2. The molecule has 0 aliphatic heterocycles. The smallest absolute Gasteiger partial charge is 0.336 e. The average molecular weight is 410 g/mol. The lowest BCUT2D eigenvalue weighted by Gasteiger charge is -2.21. The molecule has 0 bridgehead atoms. The Kier molecular flexibility index (Phi) is 5.16. The molecule has 4 rings (SSSR count). The maximum Gasteiger partial charge on any atom is 0.336 e. The van der Waals surface area contributed by atoms with Gasteiger partial charge >= 0.3 is 5.97 Å². The zero-order valence-electron chi connectivity index (χ0n) is 16.2. The van der Waals surface area contributed by atoms with Crippen LogP contribution in [0.25, 0.3) is 22.6 Å². The van der Waals surface area contributed by atoms with Crippen molar-refractivity contribution in [3.8, 4) is 11.5 Å². The maximum absolute atomic E-state index is 12.1. The minimum atomic E-state index is -0.921. The van der Waals surface area contributed by atoms with Gasteiger partial charge in [-0.2, -0.15) is 0 Å². The molecule has 148 valence electrons.